The molecular formula is C24H27F3N2O. The van der Waals surface area contributed by atoms with Crippen molar-refractivity contribution in [2.24, 2.45) is 5.41 Å². The number of carbonyl (C=O) groups excluding carboxylic acids is 1. The van der Waals surface area contributed by atoms with Crippen molar-refractivity contribution < 1.29 is 18.0 Å². The first-order chi connectivity index (χ1) is 14.2. The van der Waals surface area contributed by atoms with Crippen LogP contribution in [-0.2, 0) is 6.42 Å². The van der Waals surface area contributed by atoms with Crippen LogP contribution in [0.25, 0.3) is 11.1 Å². The van der Waals surface area contributed by atoms with Gasteiger partial charge < -0.3 is 10.2 Å². The number of hydrogen-bond donors (Lipinski definition) is 1. The second-order valence-corrected chi connectivity index (χ2v) is 8.96. The number of amides is 2. The van der Waals surface area contributed by atoms with E-state index in [0.717, 1.165) is 31.7 Å². The smallest absolute Gasteiger partial charge is 0.318 e. The standard InChI is InChI=1S/C24H27F3N2O/c1-16(23(2,26)27)28-22(30)29-15-24(11-12-24)14-19(29)13-18-9-6-10-20(21(18)25)17-7-4-3-5-8-17/h3-10,16,19H,11-15H2,1-2H3,(H,28,30)/t16-,19+/m1/s1. The Morgan fingerprint density at radius 2 is 1.90 bits per heavy atom. The highest BCUT2D eigenvalue weighted by atomic mass is 19.3. The number of carbonyl (C=O) groups is 1. The predicted molar refractivity (Wildman–Crippen MR) is 111 cm³/mol. The monoisotopic (exact) mass is 416 g/mol. The molecule has 0 bridgehead atoms. The van der Waals surface area contributed by atoms with E-state index in [-0.39, 0.29) is 17.3 Å². The molecule has 1 aliphatic heterocycles. The first kappa shape index (κ1) is 20.8. The van der Waals surface area contributed by atoms with Crippen LogP contribution in [0.1, 0.15) is 38.7 Å². The third kappa shape index (κ3) is 4.18. The summed E-state index contributed by atoms with van der Waals surface area (Å²) in [5.41, 5.74) is 1.96. The van der Waals surface area contributed by atoms with Crippen molar-refractivity contribution in [2.75, 3.05) is 6.54 Å². The van der Waals surface area contributed by atoms with E-state index in [1.54, 1.807) is 17.0 Å². The van der Waals surface area contributed by atoms with E-state index < -0.39 is 18.0 Å². The Hall–Kier alpha value is -2.50. The Bertz CT molecular complexity index is 922. The van der Waals surface area contributed by atoms with Gasteiger partial charge in [0.2, 0.25) is 0 Å². The van der Waals surface area contributed by atoms with Gasteiger partial charge >= 0.3 is 6.03 Å². The lowest BCUT2D eigenvalue weighted by atomic mass is 9.95. The van der Waals surface area contributed by atoms with Crippen molar-refractivity contribution >= 4 is 6.03 Å². The van der Waals surface area contributed by atoms with Gasteiger partial charge in [-0.05, 0) is 49.1 Å². The van der Waals surface area contributed by atoms with E-state index in [1.165, 1.54) is 6.92 Å². The molecule has 2 aromatic rings. The van der Waals surface area contributed by atoms with Crippen LogP contribution in [0, 0.1) is 11.2 Å². The fraction of sp³-hybridized carbons (Fsp3) is 0.458. The lowest BCUT2D eigenvalue weighted by Crippen LogP contribution is -2.51. The van der Waals surface area contributed by atoms with Gasteiger partial charge in [-0.25, -0.2) is 18.0 Å². The van der Waals surface area contributed by atoms with Crippen LogP contribution in [0.4, 0.5) is 18.0 Å². The van der Waals surface area contributed by atoms with Gasteiger partial charge in [0.05, 0.1) is 6.04 Å². The summed E-state index contributed by atoms with van der Waals surface area (Å²) in [4.78, 5) is 14.4. The Labute approximate surface area is 175 Å². The Kier molecular flexibility index (Phi) is 5.28. The molecule has 2 aromatic carbocycles. The largest absolute Gasteiger partial charge is 0.329 e. The number of hydrogen-bond acceptors (Lipinski definition) is 1. The van der Waals surface area contributed by atoms with Crippen molar-refractivity contribution in [3.8, 4) is 11.1 Å². The maximum Gasteiger partial charge on any atom is 0.318 e. The summed E-state index contributed by atoms with van der Waals surface area (Å²) in [7, 11) is 0. The van der Waals surface area contributed by atoms with Crippen LogP contribution in [-0.4, -0.2) is 35.5 Å². The van der Waals surface area contributed by atoms with Crippen LogP contribution in [0.15, 0.2) is 48.5 Å². The normalized spacial score (nSPS) is 21.0. The van der Waals surface area contributed by atoms with E-state index in [2.05, 4.69) is 5.32 Å². The van der Waals surface area contributed by atoms with Gasteiger partial charge in [0, 0.05) is 25.1 Å². The highest BCUT2D eigenvalue weighted by Gasteiger charge is 2.53. The summed E-state index contributed by atoms with van der Waals surface area (Å²) in [5.74, 6) is -3.28. The molecule has 1 saturated heterocycles. The zero-order chi connectivity index (χ0) is 21.5. The minimum atomic E-state index is -3.00. The van der Waals surface area contributed by atoms with E-state index in [9.17, 15) is 13.6 Å². The number of nitrogens with zero attached hydrogens (tertiary/aromatic N) is 1. The van der Waals surface area contributed by atoms with Gasteiger partial charge in [-0.15, -0.1) is 0 Å². The van der Waals surface area contributed by atoms with Crippen molar-refractivity contribution in [2.45, 2.75) is 57.5 Å². The van der Waals surface area contributed by atoms with Crippen molar-refractivity contribution in [3.05, 3.63) is 59.9 Å². The molecule has 3 nitrogen and oxygen atoms in total. The lowest BCUT2D eigenvalue weighted by Gasteiger charge is -2.29. The number of benzene rings is 2. The molecular weight excluding hydrogens is 389 g/mol. The number of halogens is 3. The molecule has 2 atom stereocenters. The van der Waals surface area contributed by atoms with Crippen molar-refractivity contribution in [1.29, 1.82) is 0 Å². The highest BCUT2D eigenvalue weighted by Crippen LogP contribution is 2.55. The molecule has 0 unspecified atom stereocenters. The van der Waals surface area contributed by atoms with Crippen molar-refractivity contribution in [1.82, 2.24) is 10.2 Å². The summed E-state index contributed by atoms with van der Waals surface area (Å²) in [5, 5.41) is 2.44. The molecule has 160 valence electrons. The molecule has 2 amide bonds. The first-order valence-corrected chi connectivity index (χ1v) is 10.5. The minimum Gasteiger partial charge on any atom is -0.329 e. The van der Waals surface area contributed by atoms with Gasteiger partial charge in [0.25, 0.3) is 5.92 Å². The number of urea groups is 1. The molecule has 1 N–H and O–H groups in total. The van der Waals surface area contributed by atoms with E-state index in [0.29, 0.717) is 24.1 Å². The Morgan fingerprint density at radius 1 is 1.20 bits per heavy atom. The maximum absolute atomic E-state index is 15.3. The second-order valence-electron chi connectivity index (χ2n) is 8.96. The molecule has 0 radical (unpaired) electrons. The summed E-state index contributed by atoms with van der Waals surface area (Å²) in [6.07, 6.45) is 3.21. The molecule has 6 heteroatoms. The highest BCUT2D eigenvalue weighted by molar-refractivity contribution is 5.75. The maximum atomic E-state index is 15.3. The van der Waals surface area contributed by atoms with Crippen LogP contribution in [0.5, 0.6) is 0 Å². The van der Waals surface area contributed by atoms with E-state index >= 15 is 4.39 Å². The third-order valence-corrected chi connectivity index (χ3v) is 6.55. The van der Waals surface area contributed by atoms with Gasteiger partial charge in [0.15, 0.2) is 0 Å². The molecule has 1 heterocycles. The topological polar surface area (TPSA) is 32.3 Å². The third-order valence-electron chi connectivity index (χ3n) is 6.55. The van der Waals surface area contributed by atoms with Crippen LogP contribution in [0.2, 0.25) is 0 Å². The Morgan fingerprint density at radius 3 is 2.53 bits per heavy atom. The van der Waals surface area contributed by atoms with Crippen LogP contribution < -0.4 is 5.32 Å². The van der Waals surface area contributed by atoms with E-state index in [1.807, 2.05) is 36.4 Å². The van der Waals surface area contributed by atoms with E-state index in [4.69, 9.17) is 0 Å². The average molecular weight is 416 g/mol. The lowest BCUT2D eigenvalue weighted by molar-refractivity contribution is -0.0100. The first-order valence-electron chi connectivity index (χ1n) is 10.5. The molecule has 1 aliphatic carbocycles. The second kappa shape index (κ2) is 7.64. The zero-order valence-electron chi connectivity index (χ0n) is 17.3. The van der Waals surface area contributed by atoms with Gasteiger partial charge in [-0.2, -0.15) is 0 Å². The summed E-state index contributed by atoms with van der Waals surface area (Å²) in [6.45, 7) is 2.65. The predicted octanol–water partition coefficient (Wildman–Crippen LogP) is 5.64. The summed E-state index contributed by atoms with van der Waals surface area (Å²) >= 11 is 0. The number of alkyl halides is 2. The Balaban J connectivity index is 1.55. The van der Waals surface area contributed by atoms with Crippen LogP contribution in [0.3, 0.4) is 0 Å². The van der Waals surface area contributed by atoms with Crippen molar-refractivity contribution in [3.63, 3.8) is 0 Å². The molecule has 1 spiro atoms. The fourth-order valence-corrected chi connectivity index (χ4v) is 4.35. The number of likely N-dealkylation sites (tertiary alicyclic amines) is 1. The number of nitrogens with one attached hydrogen (secondary N) is 1. The molecule has 1 saturated carbocycles. The van der Waals surface area contributed by atoms with Crippen LogP contribution >= 0.6 is 0 Å². The average Bonchev–Trinajstić information content (AvgIpc) is 3.35. The zero-order valence-corrected chi connectivity index (χ0v) is 17.3. The molecule has 2 fully saturated rings. The quantitative estimate of drug-likeness (QED) is 0.672. The summed E-state index contributed by atoms with van der Waals surface area (Å²) < 4.78 is 42.4. The van der Waals surface area contributed by atoms with Gasteiger partial charge in [0.1, 0.15) is 5.82 Å². The molecule has 4 rings (SSSR count). The fourth-order valence-electron chi connectivity index (χ4n) is 4.35. The number of rotatable bonds is 5. The molecule has 2 aliphatic rings. The minimum absolute atomic E-state index is 0.0769. The van der Waals surface area contributed by atoms with Gasteiger partial charge in [-0.1, -0.05) is 48.5 Å². The summed E-state index contributed by atoms with van der Waals surface area (Å²) in [6, 6.07) is 12.7. The SMILES string of the molecule is C[C@@H](NC(=O)N1CC2(CC2)C[C@@H]1Cc1cccc(-c2ccccc2)c1F)C(C)(F)F. The molecule has 30 heavy (non-hydrogen) atoms. The van der Waals surface area contributed by atoms with Gasteiger partial charge in [-0.3, -0.25) is 0 Å². The molecule has 0 aromatic heterocycles.